The second kappa shape index (κ2) is 7.08. The number of aryl methyl sites for hydroxylation is 1. The second-order valence-corrected chi connectivity index (χ2v) is 6.71. The maximum Gasteiger partial charge on any atom is 0.235 e. The van der Waals surface area contributed by atoms with Gasteiger partial charge in [0.25, 0.3) is 0 Å². The van der Waals surface area contributed by atoms with Crippen LogP contribution in [0.5, 0.6) is 5.75 Å². The summed E-state index contributed by atoms with van der Waals surface area (Å²) in [6.07, 6.45) is 2.19. The van der Waals surface area contributed by atoms with Crippen molar-refractivity contribution in [1.29, 1.82) is 0 Å². The van der Waals surface area contributed by atoms with Crippen molar-refractivity contribution in [2.45, 2.75) is 31.9 Å². The number of unbranched alkanes of at least 4 members (excludes halogenated alkanes) is 1. The number of carbonyl (C=O) groups is 1. The van der Waals surface area contributed by atoms with Gasteiger partial charge in [-0.25, -0.2) is 0 Å². The first-order chi connectivity index (χ1) is 11.2. The number of hydrogen-bond acceptors (Lipinski definition) is 4. The van der Waals surface area contributed by atoms with Crippen LogP contribution in [-0.2, 0) is 4.79 Å². The topological polar surface area (TPSA) is 67.0 Å². The first kappa shape index (κ1) is 15.9. The molecule has 1 aliphatic heterocycles. The van der Waals surface area contributed by atoms with E-state index >= 15 is 0 Å². The van der Waals surface area contributed by atoms with E-state index in [4.69, 9.17) is 4.74 Å². The number of amides is 1. The molecular formula is C17H21N3O2S. The van der Waals surface area contributed by atoms with Gasteiger partial charge in [0, 0.05) is 11.3 Å². The molecule has 1 amide bonds. The molecule has 0 fully saturated rings. The molecule has 0 unspecified atom stereocenters. The Balaban J connectivity index is 1.83. The van der Waals surface area contributed by atoms with E-state index < -0.39 is 0 Å². The molecule has 23 heavy (non-hydrogen) atoms. The molecule has 0 radical (unpaired) electrons. The van der Waals surface area contributed by atoms with E-state index in [0.717, 1.165) is 42.0 Å². The molecule has 0 saturated carbocycles. The fraction of sp³-hybridized carbons (Fsp3) is 0.412. The SMILES string of the molecule is CCCCOc1ccc([C@@H]2SCC(=O)Nc3n[nH]c(C)c32)cc1. The summed E-state index contributed by atoms with van der Waals surface area (Å²) in [6, 6.07) is 8.15. The third-order valence-corrected chi connectivity index (χ3v) is 5.12. The molecule has 2 N–H and O–H groups in total. The van der Waals surface area contributed by atoms with Gasteiger partial charge in [-0.3, -0.25) is 9.89 Å². The van der Waals surface area contributed by atoms with Crippen molar-refractivity contribution in [2.24, 2.45) is 0 Å². The summed E-state index contributed by atoms with van der Waals surface area (Å²) in [7, 11) is 0. The monoisotopic (exact) mass is 331 g/mol. The normalized spacial score (nSPS) is 17.3. The predicted octanol–water partition coefficient (Wildman–Crippen LogP) is 3.67. The predicted molar refractivity (Wildman–Crippen MR) is 93.1 cm³/mol. The number of ether oxygens (including phenoxy) is 1. The summed E-state index contributed by atoms with van der Waals surface area (Å²) < 4.78 is 5.72. The number of carbonyl (C=O) groups excluding carboxylic acids is 1. The van der Waals surface area contributed by atoms with Gasteiger partial charge in [-0.2, -0.15) is 5.10 Å². The highest BCUT2D eigenvalue weighted by Gasteiger charge is 2.28. The van der Waals surface area contributed by atoms with E-state index in [0.29, 0.717) is 11.6 Å². The summed E-state index contributed by atoms with van der Waals surface area (Å²) in [4.78, 5) is 11.8. The largest absolute Gasteiger partial charge is 0.494 e. The van der Waals surface area contributed by atoms with Crippen LogP contribution in [0, 0.1) is 6.92 Å². The van der Waals surface area contributed by atoms with E-state index in [1.165, 1.54) is 0 Å². The molecule has 0 spiro atoms. The minimum atomic E-state index is -0.00947. The lowest BCUT2D eigenvalue weighted by molar-refractivity contribution is -0.113. The molecule has 5 nitrogen and oxygen atoms in total. The maximum atomic E-state index is 11.8. The smallest absolute Gasteiger partial charge is 0.235 e. The number of hydrogen-bond donors (Lipinski definition) is 2. The molecule has 1 aromatic carbocycles. The van der Waals surface area contributed by atoms with Gasteiger partial charge in [0.05, 0.1) is 17.6 Å². The van der Waals surface area contributed by atoms with Crippen LogP contribution in [0.15, 0.2) is 24.3 Å². The maximum absolute atomic E-state index is 11.8. The zero-order chi connectivity index (χ0) is 16.2. The Morgan fingerprint density at radius 2 is 2.13 bits per heavy atom. The van der Waals surface area contributed by atoms with Gasteiger partial charge >= 0.3 is 0 Å². The van der Waals surface area contributed by atoms with Crippen LogP contribution >= 0.6 is 11.8 Å². The molecule has 0 bridgehead atoms. The molecule has 0 aliphatic carbocycles. The summed E-state index contributed by atoms with van der Waals surface area (Å²) in [5.41, 5.74) is 3.20. The van der Waals surface area contributed by atoms with Crippen molar-refractivity contribution in [3.05, 3.63) is 41.1 Å². The van der Waals surface area contributed by atoms with Crippen molar-refractivity contribution >= 4 is 23.5 Å². The van der Waals surface area contributed by atoms with Crippen molar-refractivity contribution < 1.29 is 9.53 Å². The fourth-order valence-electron chi connectivity index (χ4n) is 2.60. The van der Waals surface area contributed by atoms with Gasteiger partial charge in [0.1, 0.15) is 5.75 Å². The van der Waals surface area contributed by atoms with Gasteiger partial charge in [-0.05, 0) is 31.0 Å². The zero-order valence-corrected chi connectivity index (χ0v) is 14.2. The zero-order valence-electron chi connectivity index (χ0n) is 13.4. The van der Waals surface area contributed by atoms with Crippen molar-refractivity contribution in [2.75, 3.05) is 17.7 Å². The number of aromatic nitrogens is 2. The minimum Gasteiger partial charge on any atom is -0.494 e. The van der Waals surface area contributed by atoms with Gasteiger partial charge in [-0.15, -0.1) is 11.8 Å². The third kappa shape index (κ3) is 3.52. The third-order valence-electron chi connectivity index (χ3n) is 3.85. The first-order valence-electron chi connectivity index (χ1n) is 7.88. The van der Waals surface area contributed by atoms with E-state index in [9.17, 15) is 4.79 Å². The van der Waals surface area contributed by atoms with E-state index in [-0.39, 0.29) is 11.2 Å². The molecule has 2 aromatic rings. The van der Waals surface area contributed by atoms with Crippen molar-refractivity contribution in [3.8, 4) is 5.75 Å². The molecule has 1 aromatic heterocycles. The lowest BCUT2D eigenvalue weighted by Gasteiger charge is -2.15. The summed E-state index contributed by atoms with van der Waals surface area (Å²) in [5, 5.41) is 10.1. The number of fused-ring (bicyclic) bond motifs is 1. The van der Waals surface area contributed by atoms with Crippen LogP contribution in [0.4, 0.5) is 5.82 Å². The molecular weight excluding hydrogens is 310 g/mol. The number of aromatic amines is 1. The Morgan fingerprint density at radius 3 is 2.87 bits per heavy atom. The quantitative estimate of drug-likeness (QED) is 0.820. The number of anilines is 1. The Morgan fingerprint density at radius 1 is 1.35 bits per heavy atom. The minimum absolute atomic E-state index is 0.00947. The standard InChI is InChI=1S/C17H21N3O2S/c1-3-4-9-22-13-7-5-12(6-8-13)16-15-11(2)19-20-17(15)18-14(21)10-23-16/h5-8,16H,3-4,9-10H2,1-2H3,(H2,18,19,20,21)/t16-/m0/s1. The van der Waals surface area contributed by atoms with Crippen LogP contribution in [0.25, 0.3) is 0 Å². The Hall–Kier alpha value is -1.95. The highest BCUT2D eigenvalue weighted by Crippen LogP contribution is 2.42. The number of rotatable bonds is 5. The lowest BCUT2D eigenvalue weighted by atomic mass is 10.0. The Kier molecular flexibility index (Phi) is 4.91. The number of thioether (sulfide) groups is 1. The lowest BCUT2D eigenvalue weighted by Crippen LogP contribution is -2.12. The number of nitrogens with one attached hydrogen (secondary N) is 2. The molecule has 6 heteroatoms. The van der Waals surface area contributed by atoms with Gasteiger partial charge in [0.2, 0.25) is 5.91 Å². The molecule has 0 saturated heterocycles. The van der Waals surface area contributed by atoms with Crippen LogP contribution in [-0.4, -0.2) is 28.5 Å². The first-order valence-corrected chi connectivity index (χ1v) is 8.93. The molecule has 1 aliphatic rings. The highest BCUT2D eigenvalue weighted by molar-refractivity contribution is 8.00. The Bertz CT molecular complexity index is 682. The number of H-pyrrole nitrogens is 1. The summed E-state index contributed by atoms with van der Waals surface area (Å²) in [5.74, 6) is 1.95. The summed E-state index contributed by atoms with van der Waals surface area (Å²) >= 11 is 1.62. The second-order valence-electron chi connectivity index (χ2n) is 5.62. The van der Waals surface area contributed by atoms with Crippen LogP contribution < -0.4 is 10.1 Å². The molecule has 122 valence electrons. The van der Waals surface area contributed by atoms with E-state index in [2.05, 4.69) is 34.6 Å². The molecule has 1 atom stereocenters. The van der Waals surface area contributed by atoms with Crippen molar-refractivity contribution in [1.82, 2.24) is 10.2 Å². The van der Waals surface area contributed by atoms with Crippen LogP contribution in [0.3, 0.4) is 0 Å². The van der Waals surface area contributed by atoms with Gasteiger partial charge < -0.3 is 10.1 Å². The van der Waals surface area contributed by atoms with E-state index in [1.807, 2.05) is 19.1 Å². The fourth-order valence-corrected chi connectivity index (χ4v) is 3.80. The van der Waals surface area contributed by atoms with Crippen LogP contribution in [0.2, 0.25) is 0 Å². The molecule has 2 heterocycles. The average molecular weight is 331 g/mol. The van der Waals surface area contributed by atoms with Gasteiger partial charge in [-0.1, -0.05) is 25.5 Å². The van der Waals surface area contributed by atoms with Gasteiger partial charge in [0.15, 0.2) is 5.82 Å². The Labute approximate surface area is 140 Å². The average Bonchev–Trinajstić information content (AvgIpc) is 2.81. The highest BCUT2D eigenvalue weighted by atomic mass is 32.2. The van der Waals surface area contributed by atoms with Crippen LogP contribution in [0.1, 0.15) is 41.8 Å². The number of benzene rings is 1. The van der Waals surface area contributed by atoms with E-state index in [1.54, 1.807) is 11.8 Å². The summed E-state index contributed by atoms with van der Waals surface area (Å²) in [6.45, 7) is 4.88. The number of nitrogens with zero attached hydrogens (tertiary/aromatic N) is 1. The van der Waals surface area contributed by atoms with Crippen molar-refractivity contribution in [3.63, 3.8) is 0 Å². The molecule has 3 rings (SSSR count).